The number of anilines is 2. The molecule has 0 saturated carbocycles. The molecule has 33 heavy (non-hydrogen) atoms. The lowest BCUT2D eigenvalue weighted by molar-refractivity contribution is -0.122. The number of thiophene rings is 1. The van der Waals surface area contributed by atoms with Gasteiger partial charge in [-0.2, -0.15) is 4.37 Å². The van der Waals surface area contributed by atoms with Crippen molar-refractivity contribution in [2.24, 2.45) is 11.7 Å². The molecule has 1 aromatic carbocycles. The molecule has 174 valence electrons. The minimum atomic E-state index is -1.04. The first-order chi connectivity index (χ1) is 15.7. The van der Waals surface area contributed by atoms with Crippen LogP contribution in [-0.4, -0.2) is 33.7 Å². The fourth-order valence-electron chi connectivity index (χ4n) is 3.17. The Morgan fingerprint density at radius 3 is 2.55 bits per heavy atom. The second-order valence-electron chi connectivity index (χ2n) is 7.72. The van der Waals surface area contributed by atoms with Gasteiger partial charge in [0.05, 0.1) is 5.69 Å². The van der Waals surface area contributed by atoms with Crippen molar-refractivity contribution in [2.45, 2.75) is 26.3 Å². The van der Waals surface area contributed by atoms with Crippen molar-refractivity contribution in [3.05, 3.63) is 57.2 Å². The number of nitrogen functional groups attached to an aromatic ring is 1. The van der Waals surface area contributed by atoms with Gasteiger partial charge in [0.2, 0.25) is 5.91 Å². The topological polar surface area (TPSA) is 152 Å². The summed E-state index contributed by atoms with van der Waals surface area (Å²) < 4.78 is 3.91. The number of aromatic hydroxyl groups is 1. The number of nitrogens with one attached hydrogen (secondary N) is 1. The highest BCUT2D eigenvalue weighted by atomic mass is 32.1. The standard InChI is InChI=1S/C22H25N5O4S2/c1-12(2)8-9-25-21(30)18(15-7-4-10-32-15)27(13-5-3-6-14(28)11-13)22(31)19-16(23)17(20(24)29)26-33-19/h3-7,10-12,18,28H,8-9,23H2,1-2H3,(H2,24,29)(H,25,30). The Bertz CT molecular complexity index is 1140. The lowest BCUT2D eigenvalue weighted by Crippen LogP contribution is -2.44. The van der Waals surface area contributed by atoms with Crippen molar-refractivity contribution in [2.75, 3.05) is 17.2 Å². The van der Waals surface area contributed by atoms with Gasteiger partial charge in [-0.25, -0.2) is 0 Å². The van der Waals surface area contributed by atoms with Gasteiger partial charge < -0.3 is 21.9 Å². The molecule has 0 aliphatic rings. The number of carbonyl (C=O) groups is 3. The molecule has 0 fully saturated rings. The first-order valence-corrected chi connectivity index (χ1v) is 11.8. The number of nitrogens with two attached hydrogens (primary N) is 2. The first-order valence-electron chi connectivity index (χ1n) is 10.2. The molecule has 2 aromatic heterocycles. The third-order valence-electron chi connectivity index (χ3n) is 4.82. The Labute approximate surface area is 199 Å². The van der Waals surface area contributed by atoms with Gasteiger partial charge in [-0.15, -0.1) is 11.3 Å². The van der Waals surface area contributed by atoms with E-state index >= 15 is 0 Å². The quantitative estimate of drug-likeness (QED) is 0.364. The molecule has 0 aliphatic heterocycles. The monoisotopic (exact) mass is 487 g/mol. The Morgan fingerprint density at radius 2 is 1.97 bits per heavy atom. The van der Waals surface area contributed by atoms with E-state index in [0.29, 0.717) is 17.3 Å². The van der Waals surface area contributed by atoms with Crippen LogP contribution in [0.3, 0.4) is 0 Å². The van der Waals surface area contributed by atoms with Crippen LogP contribution in [0.15, 0.2) is 41.8 Å². The Kier molecular flexibility index (Phi) is 7.67. The van der Waals surface area contributed by atoms with E-state index in [1.165, 1.54) is 28.4 Å². The fraction of sp³-hybridized carbons (Fsp3) is 0.273. The van der Waals surface area contributed by atoms with E-state index in [2.05, 4.69) is 9.69 Å². The van der Waals surface area contributed by atoms with Gasteiger partial charge in [0, 0.05) is 23.2 Å². The van der Waals surface area contributed by atoms with Gasteiger partial charge >= 0.3 is 0 Å². The number of rotatable bonds is 9. The number of hydrogen-bond donors (Lipinski definition) is 4. The van der Waals surface area contributed by atoms with Gasteiger partial charge in [-0.1, -0.05) is 26.0 Å². The number of carbonyl (C=O) groups excluding carboxylic acids is 3. The molecular formula is C22H25N5O4S2. The maximum absolute atomic E-state index is 13.7. The molecule has 0 spiro atoms. The maximum atomic E-state index is 13.7. The number of aromatic nitrogens is 1. The third-order valence-corrected chi connectivity index (χ3v) is 6.60. The molecule has 2 heterocycles. The highest BCUT2D eigenvalue weighted by molar-refractivity contribution is 7.10. The zero-order chi connectivity index (χ0) is 24.1. The maximum Gasteiger partial charge on any atom is 0.273 e. The molecular weight excluding hydrogens is 462 g/mol. The summed E-state index contributed by atoms with van der Waals surface area (Å²) in [5.41, 5.74) is 11.3. The smallest absolute Gasteiger partial charge is 0.273 e. The average molecular weight is 488 g/mol. The predicted octanol–water partition coefficient (Wildman–Crippen LogP) is 3.14. The van der Waals surface area contributed by atoms with Crippen molar-refractivity contribution >= 4 is 52.0 Å². The molecule has 1 unspecified atom stereocenters. The zero-order valence-corrected chi connectivity index (χ0v) is 19.8. The number of primary amides is 1. The first kappa shape index (κ1) is 24.2. The number of phenols is 1. The number of nitrogens with zero attached hydrogens (tertiary/aromatic N) is 2. The molecule has 0 saturated heterocycles. The average Bonchev–Trinajstić information content (AvgIpc) is 3.40. The van der Waals surface area contributed by atoms with Crippen molar-refractivity contribution in [1.82, 2.24) is 9.69 Å². The number of amides is 3. The zero-order valence-electron chi connectivity index (χ0n) is 18.1. The van der Waals surface area contributed by atoms with E-state index in [1.54, 1.807) is 29.6 Å². The highest BCUT2D eigenvalue weighted by Crippen LogP contribution is 2.35. The minimum Gasteiger partial charge on any atom is -0.508 e. The van der Waals surface area contributed by atoms with Gasteiger partial charge in [0.25, 0.3) is 11.8 Å². The van der Waals surface area contributed by atoms with Crippen LogP contribution >= 0.6 is 22.9 Å². The van der Waals surface area contributed by atoms with Gasteiger partial charge in [-0.3, -0.25) is 19.3 Å². The van der Waals surface area contributed by atoms with Gasteiger partial charge in [0.1, 0.15) is 10.6 Å². The van der Waals surface area contributed by atoms with E-state index in [9.17, 15) is 19.5 Å². The molecule has 3 aromatic rings. The Morgan fingerprint density at radius 1 is 1.21 bits per heavy atom. The molecule has 0 aliphatic carbocycles. The molecule has 3 rings (SSSR count). The summed E-state index contributed by atoms with van der Waals surface area (Å²) in [6, 6.07) is 8.51. The van der Waals surface area contributed by atoms with Crippen molar-refractivity contribution < 1.29 is 19.5 Å². The number of benzene rings is 1. The SMILES string of the molecule is CC(C)CCNC(=O)C(c1cccs1)N(C(=O)c1snc(C(N)=O)c1N)c1cccc(O)c1. The molecule has 0 radical (unpaired) electrons. The van der Waals surface area contributed by atoms with Crippen LogP contribution in [-0.2, 0) is 4.79 Å². The molecule has 9 nitrogen and oxygen atoms in total. The molecule has 6 N–H and O–H groups in total. The third kappa shape index (κ3) is 5.49. The van der Waals surface area contributed by atoms with E-state index in [0.717, 1.165) is 18.0 Å². The molecule has 11 heteroatoms. The molecule has 1 atom stereocenters. The number of hydrogen-bond acceptors (Lipinski definition) is 8. The predicted molar refractivity (Wildman–Crippen MR) is 129 cm³/mol. The van der Waals surface area contributed by atoms with Crippen molar-refractivity contribution in [3.63, 3.8) is 0 Å². The molecule has 3 amide bonds. The number of phenolic OH excluding ortho intramolecular Hbond substituents is 1. The van der Waals surface area contributed by atoms with Gasteiger partial charge in [-0.05, 0) is 47.5 Å². The summed E-state index contributed by atoms with van der Waals surface area (Å²) in [4.78, 5) is 40.6. The summed E-state index contributed by atoms with van der Waals surface area (Å²) in [6.45, 7) is 4.54. The van der Waals surface area contributed by atoms with Crippen molar-refractivity contribution in [1.29, 1.82) is 0 Å². The Balaban J connectivity index is 2.10. The van der Waals surface area contributed by atoms with Crippen LogP contribution < -0.4 is 21.7 Å². The van der Waals surface area contributed by atoms with Crippen LogP contribution in [0.4, 0.5) is 11.4 Å². The summed E-state index contributed by atoms with van der Waals surface area (Å²) in [6.07, 6.45) is 0.771. The largest absolute Gasteiger partial charge is 0.508 e. The minimum absolute atomic E-state index is 0.0244. The Hall–Kier alpha value is -3.44. The summed E-state index contributed by atoms with van der Waals surface area (Å²) >= 11 is 2.05. The van der Waals surface area contributed by atoms with E-state index in [-0.39, 0.29) is 33.6 Å². The highest BCUT2D eigenvalue weighted by Gasteiger charge is 2.36. The van der Waals surface area contributed by atoms with Crippen LogP contribution in [0.25, 0.3) is 0 Å². The van der Waals surface area contributed by atoms with Crippen LogP contribution in [0.5, 0.6) is 5.75 Å². The lowest BCUT2D eigenvalue weighted by atomic mass is 10.1. The second-order valence-corrected chi connectivity index (χ2v) is 9.48. The summed E-state index contributed by atoms with van der Waals surface area (Å²) in [5, 5.41) is 14.8. The van der Waals surface area contributed by atoms with Crippen LogP contribution in [0.2, 0.25) is 0 Å². The lowest BCUT2D eigenvalue weighted by Gasteiger charge is -2.30. The fourth-order valence-corrected chi connectivity index (χ4v) is 4.72. The van der Waals surface area contributed by atoms with E-state index in [1.807, 2.05) is 13.8 Å². The summed E-state index contributed by atoms with van der Waals surface area (Å²) in [7, 11) is 0. The summed E-state index contributed by atoms with van der Waals surface area (Å²) in [5.74, 6) is -1.56. The normalized spacial score (nSPS) is 11.8. The molecule has 0 bridgehead atoms. The van der Waals surface area contributed by atoms with Crippen LogP contribution in [0.1, 0.15) is 51.3 Å². The van der Waals surface area contributed by atoms with E-state index in [4.69, 9.17) is 11.5 Å². The van der Waals surface area contributed by atoms with Crippen LogP contribution in [0, 0.1) is 5.92 Å². The second kappa shape index (κ2) is 10.5. The van der Waals surface area contributed by atoms with Gasteiger partial charge in [0.15, 0.2) is 11.7 Å². The van der Waals surface area contributed by atoms with E-state index < -0.39 is 17.9 Å². The van der Waals surface area contributed by atoms with Crippen molar-refractivity contribution in [3.8, 4) is 5.75 Å².